The Kier molecular flexibility index (Phi) is 2.89. The van der Waals surface area contributed by atoms with E-state index in [4.69, 9.17) is 11.6 Å². The molecule has 0 heterocycles. The van der Waals surface area contributed by atoms with Crippen molar-refractivity contribution in [3.8, 4) is 0 Å². The van der Waals surface area contributed by atoms with E-state index in [0.717, 1.165) is 24.8 Å². The van der Waals surface area contributed by atoms with E-state index in [9.17, 15) is 15.0 Å². The zero-order valence-electron chi connectivity index (χ0n) is 11.7. The minimum Gasteiger partial charge on any atom is -0.481 e. The highest BCUT2D eigenvalue weighted by molar-refractivity contribution is 6.30. The molecule has 0 aromatic heterocycles. The van der Waals surface area contributed by atoms with Crippen molar-refractivity contribution in [2.45, 2.75) is 37.2 Å². The molecule has 112 valence electrons. The first-order valence-electron chi connectivity index (χ1n) is 7.68. The van der Waals surface area contributed by atoms with Crippen molar-refractivity contribution < 1.29 is 15.0 Å². The smallest absolute Gasteiger partial charge is 0.304 e. The van der Waals surface area contributed by atoms with Crippen molar-refractivity contribution in [1.29, 1.82) is 0 Å². The lowest BCUT2D eigenvalue weighted by Gasteiger charge is -2.44. The topological polar surface area (TPSA) is 57.5 Å². The largest absolute Gasteiger partial charge is 0.481 e. The van der Waals surface area contributed by atoms with Crippen LogP contribution in [0.4, 0.5) is 0 Å². The third-order valence-corrected chi connectivity index (χ3v) is 6.61. The molecule has 0 amide bonds. The summed E-state index contributed by atoms with van der Waals surface area (Å²) in [6.07, 6.45) is 2.84. The van der Waals surface area contributed by atoms with Crippen molar-refractivity contribution >= 4 is 17.6 Å². The molecule has 4 bridgehead atoms. The average Bonchev–Trinajstić information content (AvgIpc) is 2.77. The molecule has 3 nitrogen and oxygen atoms in total. The molecule has 0 saturated heterocycles. The molecule has 1 aromatic carbocycles. The van der Waals surface area contributed by atoms with E-state index in [-0.39, 0.29) is 23.9 Å². The summed E-state index contributed by atoms with van der Waals surface area (Å²) in [6, 6.07) is 7.70. The fourth-order valence-corrected chi connectivity index (χ4v) is 5.84. The van der Waals surface area contributed by atoms with Gasteiger partial charge in [0.2, 0.25) is 0 Å². The molecule has 4 saturated carbocycles. The number of aliphatic hydroxyl groups excluding tert-OH is 1. The molecule has 4 heteroatoms. The molecule has 6 unspecified atom stereocenters. The van der Waals surface area contributed by atoms with E-state index < -0.39 is 5.97 Å². The van der Waals surface area contributed by atoms with Crippen LogP contribution in [0.15, 0.2) is 24.3 Å². The van der Waals surface area contributed by atoms with Crippen LogP contribution in [0.5, 0.6) is 0 Å². The maximum Gasteiger partial charge on any atom is 0.304 e. The number of carboxylic acids is 1. The number of benzene rings is 1. The van der Waals surface area contributed by atoms with Crippen LogP contribution >= 0.6 is 11.6 Å². The number of hydrogen-bond acceptors (Lipinski definition) is 2. The first kappa shape index (κ1) is 13.6. The molecule has 5 rings (SSSR count). The monoisotopic (exact) mass is 306 g/mol. The van der Waals surface area contributed by atoms with Crippen LogP contribution < -0.4 is 0 Å². The number of aliphatic carboxylic acids is 1. The second-order valence-electron chi connectivity index (χ2n) is 7.04. The van der Waals surface area contributed by atoms with Gasteiger partial charge in [0.15, 0.2) is 0 Å². The Morgan fingerprint density at radius 3 is 2.62 bits per heavy atom. The molecule has 2 N–H and O–H groups in total. The number of carboxylic acid groups (broad SMARTS) is 1. The number of hydrogen-bond donors (Lipinski definition) is 2. The Bertz CT molecular complexity index is 580. The second-order valence-corrected chi connectivity index (χ2v) is 7.48. The van der Waals surface area contributed by atoms with Crippen LogP contribution in [0.3, 0.4) is 0 Å². The highest BCUT2D eigenvalue weighted by atomic mass is 35.5. The van der Waals surface area contributed by atoms with Gasteiger partial charge in [0.1, 0.15) is 0 Å². The van der Waals surface area contributed by atoms with Gasteiger partial charge in [-0.1, -0.05) is 23.7 Å². The Morgan fingerprint density at radius 2 is 1.95 bits per heavy atom. The lowest BCUT2D eigenvalue weighted by atomic mass is 9.59. The summed E-state index contributed by atoms with van der Waals surface area (Å²) >= 11 is 5.99. The third-order valence-electron chi connectivity index (χ3n) is 6.35. The first-order chi connectivity index (χ1) is 10.0. The lowest BCUT2D eigenvalue weighted by molar-refractivity contribution is -0.139. The van der Waals surface area contributed by atoms with E-state index in [1.165, 1.54) is 0 Å². The summed E-state index contributed by atoms with van der Waals surface area (Å²) in [5.74, 6) is 0.604. The molecule has 0 aliphatic heterocycles. The predicted molar refractivity (Wildman–Crippen MR) is 79.2 cm³/mol. The van der Waals surface area contributed by atoms with Crippen LogP contribution in [0.2, 0.25) is 5.02 Å². The Balaban J connectivity index is 1.83. The number of aliphatic hydroxyl groups is 1. The van der Waals surface area contributed by atoms with Crippen molar-refractivity contribution in [2.24, 2.45) is 23.7 Å². The molecular weight excluding hydrogens is 288 g/mol. The number of halogens is 1. The van der Waals surface area contributed by atoms with Crippen LogP contribution in [0.25, 0.3) is 0 Å². The maximum absolute atomic E-state index is 11.5. The van der Waals surface area contributed by atoms with Crippen molar-refractivity contribution in [1.82, 2.24) is 0 Å². The number of rotatable bonds is 3. The van der Waals surface area contributed by atoms with Crippen LogP contribution in [0, 0.1) is 23.7 Å². The van der Waals surface area contributed by atoms with Crippen molar-refractivity contribution in [2.75, 3.05) is 0 Å². The van der Waals surface area contributed by atoms with Gasteiger partial charge in [-0.3, -0.25) is 4.79 Å². The quantitative estimate of drug-likeness (QED) is 0.902. The standard InChI is InChI=1S/C17H19ClO3/c18-12-3-1-10(2-4-12)17(8-15(19)20)11-5-9-6-14(17)13(7-11)16(9)21/h1-4,9,11,13-14,16,21H,5-8H2,(H,19,20). The molecule has 4 fully saturated rings. The van der Waals surface area contributed by atoms with Gasteiger partial charge in [-0.15, -0.1) is 0 Å². The molecule has 6 atom stereocenters. The predicted octanol–water partition coefficient (Wildman–Crippen LogP) is 3.09. The van der Waals surface area contributed by atoms with Gasteiger partial charge in [0.25, 0.3) is 0 Å². The van der Waals surface area contributed by atoms with Crippen molar-refractivity contribution in [3.63, 3.8) is 0 Å². The Hall–Kier alpha value is -1.06. The molecule has 0 spiro atoms. The van der Waals surface area contributed by atoms with Gasteiger partial charge in [-0.2, -0.15) is 0 Å². The van der Waals surface area contributed by atoms with E-state index >= 15 is 0 Å². The van der Waals surface area contributed by atoms with Gasteiger partial charge in [-0.25, -0.2) is 0 Å². The third kappa shape index (κ3) is 1.74. The Labute approximate surface area is 128 Å². The SMILES string of the molecule is O=C(O)CC1(c2ccc(Cl)cc2)C2CC3CC1C(C2)C3O. The summed E-state index contributed by atoms with van der Waals surface area (Å²) in [5, 5.41) is 20.6. The lowest BCUT2D eigenvalue weighted by Crippen LogP contribution is -2.43. The summed E-state index contributed by atoms with van der Waals surface area (Å²) in [7, 11) is 0. The Morgan fingerprint density at radius 1 is 1.24 bits per heavy atom. The summed E-state index contributed by atoms with van der Waals surface area (Å²) in [5.41, 5.74) is 0.786. The molecule has 4 aliphatic rings. The average molecular weight is 307 g/mol. The summed E-state index contributed by atoms with van der Waals surface area (Å²) in [6.45, 7) is 0. The fraction of sp³-hybridized carbons (Fsp3) is 0.588. The second kappa shape index (κ2) is 4.47. The van der Waals surface area contributed by atoms with Gasteiger partial charge < -0.3 is 10.2 Å². The van der Waals surface area contributed by atoms with Crippen LogP contribution in [-0.4, -0.2) is 22.3 Å². The minimum atomic E-state index is -0.740. The molecule has 4 aliphatic carbocycles. The van der Waals surface area contributed by atoms with Crippen LogP contribution in [-0.2, 0) is 10.2 Å². The van der Waals surface area contributed by atoms with E-state index in [1.54, 1.807) is 0 Å². The summed E-state index contributed by atoms with van der Waals surface area (Å²) in [4.78, 5) is 11.5. The van der Waals surface area contributed by atoms with Crippen molar-refractivity contribution in [3.05, 3.63) is 34.9 Å². The number of carbonyl (C=O) groups is 1. The highest BCUT2D eigenvalue weighted by Crippen LogP contribution is 2.68. The van der Waals surface area contributed by atoms with Gasteiger partial charge in [0.05, 0.1) is 12.5 Å². The normalized spacial score (nSPS) is 43.4. The highest BCUT2D eigenvalue weighted by Gasteiger charge is 2.66. The zero-order chi connectivity index (χ0) is 14.8. The van der Waals surface area contributed by atoms with E-state index in [1.807, 2.05) is 24.3 Å². The van der Waals surface area contributed by atoms with E-state index in [2.05, 4.69) is 0 Å². The van der Waals surface area contributed by atoms with E-state index in [0.29, 0.717) is 22.8 Å². The zero-order valence-corrected chi connectivity index (χ0v) is 12.5. The van der Waals surface area contributed by atoms with Gasteiger partial charge in [0, 0.05) is 10.4 Å². The molecule has 0 radical (unpaired) electrons. The van der Waals surface area contributed by atoms with Crippen LogP contribution in [0.1, 0.15) is 31.2 Å². The van der Waals surface area contributed by atoms with Gasteiger partial charge >= 0.3 is 5.97 Å². The van der Waals surface area contributed by atoms with Gasteiger partial charge in [-0.05, 0) is 60.6 Å². The molecular formula is C17H19ClO3. The first-order valence-corrected chi connectivity index (χ1v) is 8.06. The summed E-state index contributed by atoms with van der Waals surface area (Å²) < 4.78 is 0. The minimum absolute atomic E-state index is 0.167. The molecule has 1 aromatic rings. The fourth-order valence-electron chi connectivity index (χ4n) is 5.71. The maximum atomic E-state index is 11.5. The molecule has 21 heavy (non-hydrogen) atoms.